The lowest BCUT2D eigenvalue weighted by Gasteiger charge is -2.60. The monoisotopic (exact) mass is 243 g/mol. The van der Waals surface area contributed by atoms with Gasteiger partial charge in [0.25, 0.3) is 0 Å². The van der Waals surface area contributed by atoms with Crippen molar-refractivity contribution in [3.63, 3.8) is 0 Å². The lowest BCUT2D eigenvalue weighted by Crippen LogP contribution is -2.63. The van der Waals surface area contributed by atoms with Gasteiger partial charge in [-0.05, 0) is 54.2 Å². The van der Waals surface area contributed by atoms with E-state index in [2.05, 4.69) is 50.4 Å². The van der Waals surface area contributed by atoms with Gasteiger partial charge >= 0.3 is 0 Å². The summed E-state index contributed by atoms with van der Waals surface area (Å²) in [7, 11) is 0. The number of rotatable bonds is 4. The molecule has 3 rings (SSSR count). The minimum atomic E-state index is 0.507. The molecule has 1 aromatic rings. The molecule has 1 aromatic carbocycles. The molecule has 1 N–H and O–H groups in total. The van der Waals surface area contributed by atoms with Gasteiger partial charge in [-0.15, -0.1) is 0 Å². The molecule has 0 amide bonds. The fraction of sp³-hybridized carbons (Fsp3) is 0.647. The van der Waals surface area contributed by atoms with Crippen molar-refractivity contribution in [1.29, 1.82) is 0 Å². The Hall–Kier alpha value is -0.820. The molecule has 0 aromatic heterocycles. The fourth-order valence-electron chi connectivity index (χ4n) is 4.88. The number of benzene rings is 1. The molecule has 1 fully saturated rings. The van der Waals surface area contributed by atoms with E-state index >= 15 is 0 Å². The van der Waals surface area contributed by atoms with Crippen molar-refractivity contribution >= 4 is 0 Å². The van der Waals surface area contributed by atoms with Crippen LogP contribution in [0.1, 0.15) is 50.7 Å². The van der Waals surface area contributed by atoms with E-state index < -0.39 is 0 Å². The van der Waals surface area contributed by atoms with Crippen molar-refractivity contribution in [2.45, 2.75) is 52.0 Å². The third kappa shape index (κ3) is 1.37. The first kappa shape index (κ1) is 12.2. The number of fused-ring (bicyclic) bond motifs is 3. The zero-order valence-electron chi connectivity index (χ0n) is 11.9. The highest BCUT2D eigenvalue weighted by atomic mass is 15.0. The molecule has 98 valence electrons. The molecule has 0 heterocycles. The number of hydrogen-bond acceptors (Lipinski definition) is 1. The molecule has 1 nitrogen and oxygen atoms in total. The molecule has 0 spiro atoms. The zero-order valence-corrected chi connectivity index (χ0v) is 11.9. The topological polar surface area (TPSA) is 12.0 Å². The molecule has 0 bridgehead atoms. The highest BCUT2D eigenvalue weighted by Crippen LogP contribution is 2.65. The van der Waals surface area contributed by atoms with Crippen molar-refractivity contribution in [3.05, 3.63) is 35.4 Å². The summed E-state index contributed by atoms with van der Waals surface area (Å²) < 4.78 is 0. The minimum Gasteiger partial charge on any atom is -0.313 e. The van der Waals surface area contributed by atoms with Crippen molar-refractivity contribution in [3.8, 4) is 0 Å². The van der Waals surface area contributed by atoms with E-state index in [1.165, 1.54) is 19.3 Å². The van der Waals surface area contributed by atoms with Crippen LogP contribution in [0.3, 0.4) is 0 Å². The van der Waals surface area contributed by atoms with Gasteiger partial charge in [0.15, 0.2) is 0 Å². The predicted molar refractivity (Wildman–Crippen MR) is 76.9 cm³/mol. The molecule has 1 heteroatoms. The second kappa shape index (κ2) is 4.38. The molecule has 3 unspecified atom stereocenters. The Kier molecular flexibility index (Phi) is 2.97. The van der Waals surface area contributed by atoms with Gasteiger partial charge < -0.3 is 5.32 Å². The Morgan fingerprint density at radius 3 is 2.56 bits per heavy atom. The minimum absolute atomic E-state index is 0.507. The maximum Gasteiger partial charge on any atom is 0.0167 e. The van der Waals surface area contributed by atoms with E-state index in [4.69, 9.17) is 0 Å². The summed E-state index contributed by atoms with van der Waals surface area (Å²) in [5, 5.41) is 3.78. The molecule has 0 saturated heterocycles. The Morgan fingerprint density at radius 1 is 1.17 bits per heavy atom. The van der Waals surface area contributed by atoms with Crippen LogP contribution in [0.25, 0.3) is 0 Å². The highest BCUT2D eigenvalue weighted by Gasteiger charge is 2.62. The van der Waals surface area contributed by atoms with Gasteiger partial charge in [-0.1, -0.05) is 45.0 Å². The molecule has 2 aliphatic rings. The average Bonchev–Trinajstić information content (AvgIpc) is 2.74. The van der Waals surface area contributed by atoms with Gasteiger partial charge in [-0.2, -0.15) is 0 Å². The third-order valence-corrected chi connectivity index (χ3v) is 5.68. The van der Waals surface area contributed by atoms with Crippen LogP contribution in [0.4, 0.5) is 0 Å². The van der Waals surface area contributed by atoms with Gasteiger partial charge in [-0.25, -0.2) is 0 Å². The summed E-state index contributed by atoms with van der Waals surface area (Å²) in [5.74, 6) is 1.66. The normalized spacial score (nSPS) is 31.6. The van der Waals surface area contributed by atoms with Crippen LogP contribution in [-0.4, -0.2) is 12.6 Å². The van der Waals surface area contributed by atoms with Crippen LogP contribution in [-0.2, 0) is 6.42 Å². The third-order valence-electron chi connectivity index (χ3n) is 5.68. The highest BCUT2D eigenvalue weighted by molar-refractivity contribution is 5.43. The molecule has 0 radical (unpaired) electrons. The Morgan fingerprint density at radius 2 is 1.89 bits per heavy atom. The fourth-order valence-corrected chi connectivity index (χ4v) is 4.88. The molecule has 18 heavy (non-hydrogen) atoms. The van der Waals surface area contributed by atoms with Gasteiger partial charge in [0.2, 0.25) is 0 Å². The smallest absolute Gasteiger partial charge is 0.0167 e. The molecule has 0 aliphatic heterocycles. The van der Waals surface area contributed by atoms with Crippen LogP contribution in [0.15, 0.2) is 24.3 Å². The summed E-state index contributed by atoms with van der Waals surface area (Å²) in [6, 6.07) is 9.87. The average molecular weight is 243 g/mol. The number of hydrogen-bond donors (Lipinski definition) is 1. The largest absolute Gasteiger partial charge is 0.313 e. The van der Waals surface area contributed by atoms with Crippen molar-refractivity contribution in [2.24, 2.45) is 11.3 Å². The lowest BCUT2D eigenvalue weighted by atomic mass is 9.48. The first-order chi connectivity index (χ1) is 8.78. The molecular formula is C17H25N. The van der Waals surface area contributed by atoms with E-state index in [-0.39, 0.29) is 0 Å². The quantitative estimate of drug-likeness (QED) is 0.849. The van der Waals surface area contributed by atoms with E-state index in [0.717, 1.165) is 24.4 Å². The van der Waals surface area contributed by atoms with Crippen LogP contribution >= 0.6 is 0 Å². The molecule has 1 saturated carbocycles. The Bertz CT molecular complexity index is 433. The zero-order chi connectivity index (χ0) is 12.8. The van der Waals surface area contributed by atoms with Gasteiger partial charge in [0, 0.05) is 6.04 Å². The summed E-state index contributed by atoms with van der Waals surface area (Å²) in [5.41, 5.74) is 3.77. The number of nitrogens with one attached hydrogen (secondary N) is 1. The van der Waals surface area contributed by atoms with Crippen molar-refractivity contribution in [2.75, 3.05) is 6.54 Å². The van der Waals surface area contributed by atoms with Crippen molar-refractivity contribution < 1.29 is 0 Å². The molecule has 3 atom stereocenters. The van der Waals surface area contributed by atoms with Gasteiger partial charge in [0.05, 0.1) is 0 Å². The maximum absolute atomic E-state index is 3.78. The maximum atomic E-state index is 3.78. The standard InChI is InChI=1S/C17H25N/c1-4-17(5-2)15-13-10-8-7-9-12(13)11-14(15)16(17)18-6-3/h7-10,14-16,18H,4-6,11H2,1-3H3. The van der Waals surface area contributed by atoms with E-state index in [9.17, 15) is 0 Å². The van der Waals surface area contributed by atoms with E-state index in [1.807, 2.05) is 0 Å². The summed E-state index contributed by atoms with van der Waals surface area (Å²) in [6.45, 7) is 8.10. The van der Waals surface area contributed by atoms with Crippen LogP contribution in [0.5, 0.6) is 0 Å². The summed E-state index contributed by atoms with van der Waals surface area (Å²) in [6.07, 6.45) is 3.90. The van der Waals surface area contributed by atoms with Crippen LogP contribution in [0, 0.1) is 11.3 Å². The molecule has 2 aliphatic carbocycles. The Balaban J connectivity index is 1.99. The first-order valence-corrected chi connectivity index (χ1v) is 7.59. The van der Waals surface area contributed by atoms with E-state index in [0.29, 0.717) is 5.41 Å². The Labute approximate surface area is 111 Å². The summed E-state index contributed by atoms with van der Waals surface area (Å²) in [4.78, 5) is 0. The SMILES string of the molecule is CCNC1C2Cc3ccccc3C2C1(CC)CC. The summed E-state index contributed by atoms with van der Waals surface area (Å²) >= 11 is 0. The van der Waals surface area contributed by atoms with Crippen molar-refractivity contribution in [1.82, 2.24) is 5.32 Å². The van der Waals surface area contributed by atoms with Crippen LogP contribution < -0.4 is 5.32 Å². The molecular weight excluding hydrogens is 218 g/mol. The van der Waals surface area contributed by atoms with E-state index in [1.54, 1.807) is 11.1 Å². The van der Waals surface area contributed by atoms with Gasteiger partial charge in [-0.3, -0.25) is 0 Å². The second-order valence-corrected chi connectivity index (χ2v) is 6.02. The van der Waals surface area contributed by atoms with Gasteiger partial charge in [0.1, 0.15) is 0 Å². The second-order valence-electron chi connectivity index (χ2n) is 6.02. The first-order valence-electron chi connectivity index (χ1n) is 7.59. The lowest BCUT2D eigenvalue weighted by molar-refractivity contribution is -0.0371. The van der Waals surface area contributed by atoms with Crippen LogP contribution in [0.2, 0.25) is 0 Å². The predicted octanol–water partition coefficient (Wildman–Crippen LogP) is 3.74.